The summed E-state index contributed by atoms with van der Waals surface area (Å²) < 4.78 is 5.24. The second-order valence-electron chi connectivity index (χ2n) is 7.29. The molecule has 1 aliphatic heterocycles. The van der Waals surface area contributed by atoms with Crippen LogP contribution in [0.1, 0.15) is 35.2 Å². The molecule has 2 atom stereocenters. The predicted molar refractivity (Wildman–Crippen MR) is 105 cm³/mol. The lowest BCUT2D eigenvalue weighted by atomic mass is 9.94. The van der Waals surface area contributed by atoms with Crippen molar-refractivity contribution in [2.24, 2.45) is 0 Å². The Morgan fingerprint density at radius 3 is 2.59 bits per heavy atom. The molecule has 0 saturated carbocycles. The third kappa shape index (κ3) is 4.22. The van der Waals surface area contributed by atoms with Gasteiger partial charge in [-0.25, -0.2) is 0 Å². The Labute approximate surface area is 159 Å². The number of aromatic nitrogens is 1. The van der Waals surface area contributed by atoms with Crippen LogP contribution >= 0.6 is 0 Å². The Kier molecular flexibility index (Phi) is 5.65. The highest BCUT2D eigenvalue weighted by atomic mass is 16.5. The van der Waals surface area contributed by atoms with Crippen LogP contribution in [-0.4, -0.2) is 42.0 Å². The van der Waals surface area contributed by atoms with Crippen LogP contribution in [0.4, 0.5) is 0 Å². The van der Waals surface area contributed by atoms with Gasteiger partial charge in [0.2, 0.25) is 5.91 Å². The number of pyridine rings is 1. The number of rotatable bonds is 5. The van der Waals surface area contributed by atoms with Gasteiger partial charge in [0, 0.05) is 61.5 Å². The van der Waals surface area contributed by atoms with E-state index in [1.165, 1.54) is 5.56 Å². The maximum Gasteiger partial charge on any atom is 0.217 e. The van der Waals surface area contributed by atoms with Crippen LogP contribution < -0.4 is 15.5 Å². The number of carbonyl (C=O) groups excluding carboxylic acids is 1. The van der Waals surface area contributed by atoms with Gasteiger partial charge in [-0.05, 0) is 31.5 Å². The van der Waals surface area contributed by atoms with Gasteiger partial charge in [0.15, 0.2) is 5.43 Å². The molecular weight excluding hydrogens is 342 g/mol. The number of ether oxygens (including phenoxy) is 1. The molecule has 0 radical (unpaired) electrons. The minimum Gasteiger partial charge on any atom is -0.497 e. The number of hydrogen-bond donors (Lipinski definition) is 2. The van der Waals surface area contributed by atoms with Crippen molar-refractivity contribution >= 4 is 5.91 Å². The van der Waals surface area contributed by atoms with Gasteiger partial charge >= 0.3 is 0 Å². The summed E-state index contributed by atoms with van der Waals surface area (Å²) in [5.74, 6) is 0.982. The average Bonchev–Trinajstić information content (AvgIpc) is 3.04. The van der Waals surface area contributed by atoms with Crippen LogP contribution in [0.25, 0.3) is 0 Å². The third-order valence-electron chi connectivity index (χ3n) is 5.32. The summed E-state index contributed by atoms with van der Waals surface area (Å²) in [5.41, 5.74) is 3.69. The number of hydrogen-bond acceptors (Lipinski definition) is 4. The number of H-pyrrole nitrogens is 1. The molecular formula is C21H27N3O3. The van der Waals surface area contributed by atoms with Crippen LogP contribution in [0.5, 0.6) is 5.75 Å². The molecule has 1 saturated heterocycles. The van der Waals surface area contributed by atoms with Crippen molar-refractivity contribution in [3.8, 4) is 5.75 Å². The van der Waals surface area contributed by atoms with Crippen molar-refractivity contribution in [2.45, 2.75) is 39.3 Å². The van der Waals surface area contributed by atoms with Crippen LogP contribution in [0.3, 0.4) is 0 Å². The molecule has 1 fully saturated rings. The lowest BCUT2D eigenvalue weighted by molar-refractivity contribution is -0.119. The van der Waals surface area contributed by atoms with Crippen LogP contribution in [-0.2, 0) is 11.3 Å². The molecule has 1 aromatic heterocycles. The zero-order chi connectivity index (χ0) is 19.6. The standard InChI is InChI=1S/C21H27N3O3/c1-13-9-22-19(14(2)21(13)26)11-24-10-18(20(12-24)23-15(3)25)16-5-7-17(27-4)8-6-16/h5-9,18,20H,10-12H2,1-4H3,(H,22,26)(H,23,25)/t18-,20+/m0/s1. The van der Waals surface area contributed by atoms with Gasteiger partial charge in [0.25, 0.3) is 0 Å². The van der Waals surface area contributed by atoms with E-state index >= 15 is 0 Å². The number of benzene rings is 1. The first-order valence-electron chi connectivity index (χ1n) is 9.20. The van der Waals surface area contributed by atoms with Crippen LogP contribution in [0.2, 0.25) is 0 Å². The zero-order valence-corrected chi connectivity index (χ0v) is 16.3. The smallest absolute Gasteiger partial charge is 0.217 e. The van der Waals surface area contributed by atoms with Crippen molar-refractivity contribution in [3.05, 3.63) is 63.1 Å². The molecule has 144 valence electrons. The number of aryl methyl sites for hydroxylation is 1. The number of nitrogens with zero attached hydrogens (tertiary/aromatic N) is 1. The predicted octanol–water partition coefficient (Wildman–Crippen LogP) is 2.10. The van der Waals surface area contributed by atoms with E-state index in [-0.39, 0.29) is 23.3 Å². The summed E-state index contributed by atoms with van der Waals surface area (Å²) in [6.45, 7) is 7.44. The van der Waals surface area contributed by atoms with Crippen LogP contribution in [0, 0.1) is 13.8 Å². The summed E-state index contributed by atoms with van der Waals surface area (Å²) in [4.78, 5) is 29.4. The Morgan fingerprint density at radius 1 is 1.26 bits per heavy atom. The highest BCUT2D eigenvalue weighted by Crippen LogP contribution is 2.30. The highest BCUT2D eigenvalue weighted by Gasteiger charge is 2.34. The normalized spacial score (nSPS) is 19.9. The number of methoxy groups -OCH3 is 1. The number of amides is 1. The second kappa shape index (κ2) is 7.96. The summed E-state index contributed by atoms with van der Waals surface area (Å²) >= 11 is 0. The van der Waals surface area contributed by atoms with Gasteiger partial charge < -0.3 is 15.0 Å². The fraction of sp³-hybridized carbons (Fsp3) is 0.429. The van der Waals surface area contributed by atoms with E-state index in [1.807, 2.05) is 26.0 Å². The first-order chi connectivity index (χ1) is 12.9. The Balaban J connectivity index is 1.81. The van der Waals surface area contributed by atoms with Gasteiger partial charge in [-0.15, -0.1) is 0 Å². The molecule has 6 heteroatoms. The third-order valence-corrected chi connectivity index (χ3v) is 5.32. The van der Waals surface area contributed by atoms with Crippen molar-refractivity contribution < 1.29 is 9.53 Å². The molecule has 0 unspecified atom stereocenters. The van der Waals surface area contributed by atoms with Gasteiger partial charge in [0.1, 0.15) is 5.75 Å². The molecule has 1 aromatic carbocycles. The molecule has 2 aromatic rings. The van der Waals surface area contributed by atoms with Gasteiger partial charge in [0.05, 0.1) is 7.11 Å². The number of nitrogens with one attached hydrogen (secondary N) is 2. The average molecular weight is 369 g/mol. The number of aromatic amines is 1. The molecule has 1 amide bonds. The first-order valence-corrected chi connectivity index (χ1v) is 9.20. The topological polar surface area (TPSA) is 74.4 Å². The summed E-state index contributed by atoms with van der Waals surface area (Å²) in [6, 6.07) is 8.05. The van der Waals surface area contributed by atoms with Gasteiger partial charge in [-0.3, -0.25) is 14.5 Å². The summed E-state index contributed by atoms with van der Waals surface area (Å²) in [6.07, 6.45) is 1.77. The minimum atomic E-state index is -0.0275. The van der Waals surface area contributed by atoms with E-state index in [4.69, 9.17) is 4.74 Å². The van der Waals surface area contributed by atoms with Crippen LogP contribution in [0.15, 0.2) is 35.3 Å². The minimum absolute atomic E-state index is 0.0275. The Hall–Kier alpha value is -2.60. The summed E-state index contributed by atoms with van der Waals surface area (Å²) in [5, 5.41) is 3.09. The highest BCUT2D eigenvalue weighted by molar-refractivity contribution is 5.73. The largest absolute Gasteiger partial charge is 0.497 e. The Bertz CT molecular complexity index is 873. The fourth-order valence-electron chi connectivity index (χ4n) is 3.80. The Morgan fingerprint density at radius 2 is 1.96 bits per heavy atom. The molecule has 0 bridgehead atoms. The number of likely N-dealkylation sites (tertiary alicyclic amines) is 1. The van der Waals surface area contributed by atoms with Crippen molar-refractivity contribution in [2.75, 3.05) is 20.2 Å². The van der Waals surface area contributed by atoms with E-state index in [0.29, 0.717) is 6.54 Å². The SMILES string of the molecule is COc1ccc([C@@H]2CN(Cc3[nH]cc(C)c(=O)c3C)C[C@H]2NC(C)=O)cc1. The molecule has 2 N–H and O–H groups in total. The molecule has 27 heavy (non-hydrogen) atoms. The lowest BCUT2D eigenvalue weighted by Crippen LogP contribution is -2.38. The molecule has 3 rings (SSSR count). The van der Waals surface area contributed by atoms with E-state index in [0.717, 1.165) is 35.7 Å². The lowest BCUT2D eigenvalue weighted by Gasteiger charge is -2.19. The van der Waals surface area contributed by atoms with Gasteiger partial charge in [-0.2, -0.15) is 0 Å². The fourth-order valence-corrected chi connectivity index (χ4v) is 3.80. The molecule has 2 heterocycles. The molecule has 0 spiro atoms. The van der Waals surface area contributed by atoms with Crippen molar-refractivity contribution in [1.82, 2.24) is 15.2 Å². The van der Waals surface area contributed by atoms with E-state index in [2.05, 4.69) is 27.3 Å². The van der Waals surface area contributed by atoms with E-state index in [1.54, 1.807) is 20.2 Å². The summed E-state index contributed by atoms with van der Waals surface area (Å²) in [7, 11) is 1.65. The quantitative estimate of drug-likeness (QED) is 0.847. The van der Waals surface area contributed by atoms with Crippen molar-refractivity contribution in [3.63, 3.8) is 0 Å². The second-order valence-corrected chi connectivity index (χ2v) is 7.29. The first kappa shape index (κ1) is 19.2. The number of carbonyl (C=O) groups is 1. The van der Waals surface area contributed by atoms with Gasteiger partial charge in [-0.1, -0.05) is 12.1 Å². The molecule has 6 nitrogen and oxygen atoms in total. The molecule has 1 aliphatic rings. The maximum atomic E-state index is 12.2. The maximum absolute atomic E-state index is 12.2. The van der Waals surface area contributed by atoms with E-state index in [9.17, 15) is 9.59 Å². The monoisotopic (exact) mass is 369 g/mol. The van der Waals surface area contributed by atoms with Crippen molar-refractivity contribution in [1.29, 1.82) is 0 Å². The molecule has 0 aliphatic carbocycles. The zero-order valence-electron chi connectivity index (χ0n) is 16.3. The van der Waals surface area contributed by atoms with E-state index < -0.39 is 0 Å².